The number of aliphatic hydroxyl groups excluding tert-OH is 1. The molecule has 0 aromatic carbocycles. The molecule has 0 aromatic rings. The van der Waals surface area contributed by atoms with E-state index in [0.717, 1.165) is 6.42 Å². The quantitative estimate of drug-likeness (QED) is 0.593. The number of fused-ring (bicyclic) bond motifs is 1. The van der Waals surface area contributed by atoms with Crippen LogP contribution in [-0.4, -0.2) is 17.0 Å². The lowest BCUT2D eigenvalue weighted by molar-refractivity contribution is -0.123. The Labute approximate surface area is 84.3 Å². The van der Waals surface area contributed by atoms with E-state index in [2.05, 4.69) is 19.9 Å². The van der Waals surface area contributed by atoms with Crippen LogP contribution in [0, 0.1) is 17.8 Å². The topological polar surface area (TPSA) is 37.3 Å². The molecule has 2 heteroatoms. The number of aliphatic hydroxyl groups is 1. The summed E-state index contributed by atoms with van der Waals surface area (Å²) in [5, 5.41) is 9.79. The molecule has 0 bridgehead atoms. The average Bonchev–Trinajstić information content (AvgIpc) is 2.10. The maximum atomic E-state index is 11.7. The minimum absolute atomic E-state index is 0.00120. The first-order valence-corrected chi connectivity index (χ1v) is 5.17. The van der Waals surface area contributed by atoms with Crippen molar-refractivity contribution in [3.05, 3.63) is 23.8 Å². The summed E-state index contributed by atoms with van der Waals surface area (Å²) in [5.74, 6) is 0.545. The van der Waals surface area contributed by atoms with Crippen LogP contribution in [0.5, 0.6) is 0 Å². The first kappa shape index (κ1) is 9.66. The highest BCUT2D eigenvalue weighted by Crippen LogP contribution is 2.38. The van der Waals surface area contributed by atoms with Crippen LogP contribution in [0.15, 0.2) is 23.8 Å². The van der Waals surface area contributed by atoms with Gasteiger partial charge in [0.25, 0.3) is 0 Å². The van der Waals surface area contributed by atoms with Gasteiger partial charge in [-0.15, -0.1) is 0 Å². The average molecular weight is 192 g/mol. The van der Waals surface area contributed by atoms with Crippen LogP contribution in [0.2, 0.25) is 0 Å². The van der Waals surface area contributed by atoms with Crippen molar-refractivity contribution in [2.75, 3.05) is 0 Å². The predicted molar refractivity (Wildman–Crippen MR) is 54.7 cm³/mol. The van der Waals surface area contributed by atoms with E-state index in [1.165, 1.54) is 11.6 Å². The number of carbonyl (C=O) groups excluding carboxylic acids is 1. The second-order valence-corrected chi connectivity index (χ2v) is 4.52. The normalized spacial score (nSPS) is 41.9. The van der Waals surface area contributed by atoms with E-state index in [1.807, 2.05) is 0 Å². The van der Waals surface area contributed by atoms with Crippen molar-refractivity contribution in [3.63, 3.8) is 0 Å². The summed E-state index contributed by atoms with van der Waals surface area (Å²) in [6.07, 6.45) is 5.74. The van der Waals surface area contributed by atoms with Crippen LogP contribution in [0.4, 0.5) is 0 Å². The minimum atomic E-state index is -0.441. The van der Waals surface area contributed by atoms with Gasteiger partial charge >= 0.3 is 0 Å². The van der Waals surface area contributed by atoms with Gasteiger partial charge in [0.15, 0.2) is 5.78 Å². The third-order valence-corrected chi connectivity index (χ3v) is 3.36. The van der Waals surface area contributed by atoms with Crippen LogP contribution < -0.4 is 0 Å². The fourth-order valence-corrected chi connectivity index (χ4v) is 2.76. The number of ketones is 1. The molecule has 2 aliphatic carbocycles. The Morgan fingerprint density at radius 2 is 2.21 bits per heavy atom. The van der Waals surface area contributed by atoms with Crippen molar-refractivity contribution in [2.24, 2.45) is 17.8 Å². The van der Waals surface area contributed by atoms with E-state index in [4.69, 9.17) is 0 Å². The highest BCUT2D eigenvalue weighted by Gasteiger charge is 2.39. The van der Waals surface area contributed by atoms with Crippen molar-refractivity contribution >= 4 is 5.78 Å². The third kappa shape index (κ3) is 1.44. The molecule has 2 nitrogen and oxygen atoms in total. The first-order valence-electron chi connectivity index (χ1n) is 5.17. The highest BCUT2D eigenvalue weighted by atomic mass is 16.3. The minimum Gasteiger partial charge on any atom is -0.389 e. The van der Waals surface area contributed by atoms with Gasteiger partial charge in [0.1, 0.15) is 0 Å². The zero-order valence-electron chi connectivity index (χ0n) is 8.60. The molecule has 0 radical (unpaired) electrons. The van der Waals surface area contributed by atoms with Gasteiger partial charge in [0.05, 0.1) is 6.10 Å². The van der Waals surface area contributed by atoms with Crippen LogP contribution in [0.3, 0.4) is 0 Å². The molecular formula is C12H16O2. The van der Waals surface area contributed by atoms with Gasteiger partial charge in [-0.05, 0) is 25.3 Å². The number of rotatable bonds is 0. The fourth-order valence-electron chi connectivity index (χ4n) is 2.76. The maximum Gasteiger partial charge on any atom is 0.159 e. The van der Waals surface area contributed by atoms with E-state index >= 15 is 0 Å². The second kappa shape index (κ2) is 3.35. The third-order valence-electron chi connectivity index (χ3n) is 3.36. The Bertz CT molecular complexity index is 314. The lowest BCUT2D eigenvalue weighted by Gasteiger charge is -2.37. The molecule has 0 amide bonds. The predicted octanol–water partition coefficient (Wildman–Crippen LogP) is 1.70. The largest absolute Gasteiger partial charge is 0.389 e. The van der Waals surface area contributed by atoms with Gasteiger partial charge in [-0.1, -0.05) is 24.6 Å². The molecule has 0 unspecified atom stereocenters. The molecule has 0 spiro atoms. The van der Waals surface area contributed by atoms with Gasteiger partial charge in [-0.3, -0.25) is 4.79 Å². The Morgan fingerprint density at radius 3 is 2.93 bits per heavy atom. The number of carbonyl (C=O) groups is 1. The summed E-state index contributed by atoms with van der Waals surface area (Å²) in [6, 6.07) is 0. The number of allylic oxidation sites excluding steroid dienone is 3. The van der Waals surface area contributed by atoms with Crippen molar-refractivity contribution < 1.29 is 9.90 Å². The second-order valence-electron chi connectivity index (χ2n) is 4.52. The Balaban J connectivity index is 2.34. The van der Waals surface area contributed by atoms with Gasteiger partial charge in [0, 0.05) is 11.8 Å². The van der Waals surface area contributed by atoms with Gasteiger partial charge < -0.3 is 5.11 Å². The standard InChI is InChI=1S/C12H16O2/c1-7-5-8(2)12-9(6-7)10(13)3-4-11(12)14/h3-5,8-10,12-13H,6H2,1-2H3/t8-,9-,10-,12-/m0/s1. The highest BCUT2D eigenvalue weighted by molar-refractivity contribution is 5.93. The van der Waals surface area contributed by atoms with Gasteiger partial charge in [0.2, 0.25) is 0 Å². The van der Waals surface area contributed by atoms with Crippen LogP contribution in [0.1, 0.15) is 20.3 Å². The van der Waals surface area contributed by atoms with E-state index < -0.39 is 6.10 Å². The van der Waals surface area contributed by atoms with E-state index in [1.54, 1.807) is 6.08 Å². The zero-order valence-corrected chi connectivity index (χ0v) is 8.60. The molecule has 1 N–H and O–H groups in total. The smallest absolute Gasteiger partial charge is 0.159 e. The molecule has 0 saturated carbocycles. The summed E-state index contributed by atoms with van der Waals surface area (Å²) < 4.78 is 0. The summed E-state index contributed by atoms with van der Waals surface area (Å²) in [4.78, 5) is 11.7. The lowest BCUT2D eigenvalue weighted by Crippen LogP contribution is -2.40. The monoisotopic (exact) mass is 192 g/mol. The number of hydrogen-bond acceptors (Lipinski definition) is 2. The molecule has 76 valence electrons. The molecule has 0 aromatic heterocycles. The van der Waals surface area contributed by atoms with Crippen molar-refractivity contribution in [1.82, 2.24) is 0 Å². The molecule has 0 fully saturated rings. The van der Waals surface area contributed by atoms with Gasteiger partial charge in [-0.25, -0.2) is 0 Å². The van der Waals surface area contributed by atoms with Crippen molar-refractivity contribution in [3.8, 4) is 0 Å². The molecule has 0 heterocycles. The Hall–Kier alpha value is -0.890. The maximum absolute atomic E-state index is 11.7. The van der Waals surface area contributed by atoms with E-state index in [-0.39, 0.29) is 23.5 Å². The fraction of sp³-hybridized carbons (Fsp3) is 0.583. The Kier molecular flexibility index (Phi) is 2.31. The summed E-state index contributed by atoms with van der Waals surface area (Å²) in [5.41, 5.74) is 1.29. The Morgan fingerprint density at radius 1 is 1.50 bits per heavy atom. The first-order chi connectivity index (χ1) is 6.59. The summed E-state index contributed by atoms with van der Waals surface area (Å²) >= 11 is 0. The molecule has 0 saturated heterocycles. The molecule has 4 atom stereocenters. The van der Waals surface area contributed by atoms with E-state index in [0.29, 0.717) is 0 Å². The summed E-state index contributed by atoms with van der Waals surface area (Å²) in [7, 11) is 0. The van der Waals surface area contributed by atoms with Crippen molar-refractivity contribution in [2.45, 2.75) is 26.4 Å². The van der Waals surface area contributed by atoms with Gasteiger partial charge in [-0.2, -0.15) is 0 Å². The lowest BCUT2D eigenvalue weighted by atomic mass is 9.67. The van der Waals surface area contributed by atoms with Crippen molar-refractivity contribution in [1.29, 1.82) is 0 Å². The van der Waals surface area contributed by atoms with Crippen LogP contribution in [-0.2, 0) is 4.79 Å². The molecule has 2 aliphatic rings. The molecule has 0 aliphatic heterocycles. The van der Waals surface area contributed by atoms with E-state index in [9.17, 15) is 9.90 Å². The zero-order chi connectivity index (χ0) is 10.3. The molecular weight excluding hydrogens is 176 g/mol. The molecule has 2 rings (SSSR count). The molecule has 14 heavy (non-hydrogen) atoms. The summed E-state index contributed by atoms with van der Waals surface area (Å²) in [6.45, 7) is 4.13. The SMILES string of the molecule is CC1=C[C@H](C)[C@@H]2C(=O)C=C[C@H](O)[C@@H]2C1. The van der Waals surface area contributed by atoms with Crippen LogP contribution in [0.25, 0.3) is 0 Å². The van der Waals surface area contributed by atoms with Crippen LogP contribution >= 0.6 is 0 Å². The number of hydrogen-bond donors (Lipinski definition) is 1.